The lowest BCUT2D eigenvalue weighted by Crippen LogP contribution is -2.53. The number of benzene rings is 1. The molecular weight excluding hydrogens is 424 g/mol. The first-order chi connectivity index (χ1) is 13.7. The highest BCUT2D eigenvalue weighted by Gasteiger charge is 2.48. The van der Waals surface area contributed by atoms with E-state index in [1.165, 1.54) is 11.3 Å². The number of thiophene rings is 1. The number of amides is 1. The van der Waals surface area contributed by atoms with Crippen LogP contribution in [-0.4, -0.2) is 53.8 Å². The number of thioether (sulfide) groups is 1. The minimum absolute atomic E-state index is 0.0755. The largest absolute Gasteiger partial charge is 0.322 e. The zero-order valence-electron chi connectivity index (χ0n) is 17.0. The van der Waals surface area contributed by atoms with Gasteiger partial charge < -0.3 is 4.90 Å². The van der Waals surface area contributed by atoms with E-state index in [2.05, 4.69) is 0 Å². The quantitative estimate of drug-likeness (QED) is 0.708. The molecule has 0 aliphatic carbocycles. The highest BCUT2D eigenvalue weighted by molar-refractivity contribution is 8.00. The molecular formula is C21H26N2O3S3. The first-order valence-electron chi connectivity index (χ1n) is 9.82. The van der Waals surface area contributed by atoms with Crippen LogP contribution in [-0.2, 0) is 10.0 Å². The average Bonchev–Trinajstić information content (AvgIpc) is 3.31. The number of carbonyl (C=O) groups excluding carboxylic acids is 1. The van der Waals surface area contributed by atoms with Gasteiger partial charge in [-0.3, -0.25) is 4.79 Å². The minimum Gasteiger partial charge on any atom is -0.322 e. The molecule has 8 heteroatoms. The zero-order valence-corrected chi connectivity index (χ0v) is 19.4. The second-order valence-corrected chi connectivity index (χ2v) is 12.1. The molecule has 156 valence electrons. The summed E-state index contributed by atoms with van der Waals surface area (Å²) in [4.78, 5) is 15.9. The lowest BCUT2D eigenvalue weighted by atomic mass is 10.0. The summed E-state index contributed by atoms with van der Waals surface area (Å²) in [6.07, 6.45) is 1.33. The molecule has 0 radical (unpaired) electrons. The Hall–Kier alpha value is -1.35. The van der Waals surface area contributed by atoms with E-state index < -0.39 is 10.0 Å². The van der Waals surface area contributed by atoms with Crippen molar-refractivity contribution in [3.63, 3.8) is 0 Å². The summed E-state index contributed by atoms with van der Waals surface area (Å²) in [5.74, 6) is 0.978. The minimum atomic E-state index is -3.54. The summed E-state index contributed by atoms with van der Waals surface area (Å²) in [5.41, 5.74) is 2.67. The Labute approximate surface area is 181 Å². The lowest BCUT2D eigenvalue weighted by Gasteiger charge is -2.43. The topological polar surface area (TPSA) is 57.7 Å². The van der Waals surface area contributed by atoms with E-state index >= 15 is 0 Å². The molecule has 29 heavy (non-hydrogen) atoms. The molecule has 0 saturated carbocycles. The Morgan fingerprint density at radius 2 is 1.72 bits per heavy atom. The maximum Gasteiger partial charge on any atom is 0.265 e. The van der Waals surface area contributed by atoms with Crippen LogP contribution in [0, 0.1) is 20.8 Å². The van der Waals surface area contributed by atoms with Crippen LogP contribution in [0.5, 0.6) is 0 Å². The molecule has 0 atom stereocenters. The number of sulfonamides is 1. The molecule has 2 aliphatic rings. The van der Waals surface area contributed by atoms with Crippen LogP contribution < -0.4 is 0 Å². The SMILES string of the molecule is Cc1cc(C)c(S(=O)(=O)N2CCC3(CC2)SCCN3C(=O)c2cccs2)c(C)c1. The standard InChI is InChI=1S/C21H26N2O3S3/c1-15-13-16(2)19(17(3)14-15)29(25,26)22-8-6-21(7-9-22)23(10-12-28-21)20(24)18-5-4-11-27-18/h4-5,11,13-14H,6-10,12H2,1-3H3. The first-order valence-corrected chi connectivity index (χ1v) is 13.1. The highest BCUT2D eigenvalue weighted by atomic mass is 32.2. The van der Waals surface area contributed by atoms with Gasteiger partial charge in [-0.05, 0) is 56.2 Å². The van der Waals surface area contributed by atoms with Crippen molar-refractivity contribution in [3.8, 4) is 0 Å². The van der Waals surface area contributed by atoms with Crippen LogP contribution >= 0.6 is 23.1 Å². The fraction of sp³-hybridized carbons (Fsp3) is 0.476. The van der Waals surface area contributed by atoms with Gasteiger partial charge in [-0.1, -0.05) is 23.8 Å². The maximum absolute atomic E-state index is 13.4. The van der Waals surface area contributed by atoms with Crippen molar-refractivity contribution in [2.24, 2.45) is 0 Å². The van der Waals surface area contributed by atoms with Gasteiger partial charge in [0.2, 0.25) is 10.0 Å². The van der Waals surface area contributed by atoms with Crippen LogP contribution in [0.1, 0.15) is 39.2 Å². The third-order valence-corrected chi connectivity index (χ3v) is 10.5. The molecule has 0 unspecified atom stereocenters. The zero-order chi connectivity index (χ0) is 20.8. The summed E-state index contributed by atoms with van der Waals surface area (Å²) in [6, 6.07) is 7.63. The fourth-order valence-electron chi connectivity index (χ4n) is 4.62. The number of nitrogens with zero attached hydrogens (tertiary/aromatic N) is 2. The van der Waals surface area contributed by atoms with Crippen molar-refractivity contribution in [2.75, 3.05) is 25.4 Å². The van der Waals surface area contributed by atoms with Crippen molar-refractivity contribution in [3.05, 3.63) is 51.2 Å². The molecule has 0 N–H and O–H groups in total. The van der Waals surface area contributed by atoms with Crippen LogP contribution in [0.3, 0.4) is 0 Å². The van der Waals surface area contributed by atoms with Gasteiger partial charge in [-0.2, -0.15) is 4.31 Å². The maximum atomic E-state index is 13.4. The number of aryl methyl sites for hydroxylation is 3. The third-order valence-electron chi connectivity index (χ3n) is 5.86. The Kier molecular flexibility index (Phi) is 5.57. The number of carbonyl (C=O) groups is 1. The smallest absolute Gasteiger partial charge is 0.265 e. The van der Waals surface area contributed by atoms with Crippen molar-refractivity contribution in [1.29, 1.82) is 0 Å². The second kappa shape index (κ2) is 7.72. The van der Waals surface area contributed by atoms with E-state index in [4.69, 9.17) is 0 Å². The molecule has 1 aromatic carbocycles. The third kappa shape index (κ3) is 3.65. The Morgan fingerprint density at radius 1 is 1.07 bits per heavy atom. The fourth-order valence-corrected chi connectivity index (χ4v) is 8.60. The number of rotatable bonds is 3. The number of hydrogen-bond donors (Lipinski definition) is 0. The van der Waals surface area contributed by atoms with Crippen LogP contribution in [0.15, 0.2) is 34.5 Å². The van der Waals surface area contributed by atoms with Crippen LogP contribution in [0.25, 0.3) is 0 Å². The van der Waals surface area contributed by atoms with E-state index in [0.29, 0.717) is 30.8 Å². The lowest BCUT2D eigenvalue weighted by molar-refractivity contribution is 0.0610. The van der Waals surface area contributed by atoms with E-state index in [1.807, 2.05) is 55.3 Å². The van der Waals surface area contributed by atoms with Crippen molar-refractivity contribution < 1.29 is 13.2 Å². The normalized spacial score (nSPS) is 19.8. The summed E-state index contributed by atoms with van der Waals surface area (Å²) in [7, 11) is -3.54. The summed E-state index contributed by atoms with van der Waals surface area (Å²) >= 11 is 3.27. The van der Waals surface area contributed by atoms with Crippen molar-refractivity contribution >= 4 is 39.0 Å². The molecule has 2 aromatic rings. The Bertz CT molecular complexity index is 1000. The van der Waals surface area contributed by atoms with E-state index in [0.717, 1.165) is 33.9 Å². The average molecular weight is 451 g/mol. The van der Waals surface area contributed by atoms with Crippen molar-refractivity contribution in [2.45, 2.75) is 43.4 Å². The van der Waals surface area contributed by atoms with E-state index in [-0.39, 0.29) is 10.8 Å². The van der Waals surface area contributed by atoms with Gasteiger partial charge in [0.05, 0.1) is 14.6 Å². The summed E-state index contributed by atoms with van der Waals surface area (Å²) < 4.78 is 28.4. The molecule has 0 bridgehead atoms. The summed E-state index contributed by atoms with van der Waals surface area (Å²) in [6.45, 7) is 7.33. The van der Waals surface area contributed by atoms with Gasteiger partial charge in [0.25, 0.3) is 5.91 Å². The molecule has 5 nitrogen and oxygen atoms in total. The molecule has 1 spiro atoms. The van der Waals surface area contributed by atoms with Crippen LogP contribution in [0.2, 0.25) is 0 Å². The Balaban J connectivity index is 1.55. The molecule has 4 rings (SSSR count). The Morgan fingerprint density at radius 3 is 2.31 bits per heavy atom. The summed E-state index contributed by atoms with van der Waals surface area (Å²) in [5, 5.41) is 1.92. The molecule has 1 aromatic heterocycles. The van der Waals surface area contributed by atoms with Gasteiger partial charge >= 0.3 is 0 Å². The first kappa shape index (κ1) is 20.9. The second-order valence-electron chi connectivity index (χ2n) is 7.86. The highest BCUT2D eigenvalue weighted by Crippen LogP contribution is 2.45. The molecule has 2 saturated heterocycles. The van der Waals surface area contributed by atoms with Gasteiger partial charge in [-0.25, -0.2) is 8.42 Å². The number of hydrogen-bond acceptors (Lipinski definition) is 5. The van der Waals surface area contributed by atoms with Gasteiger partial charge in [0.15, 0.2) is 0 Å². The van der Waals surface area contributed by atoms with Gasteiger partial charge in [0, 0.05) is 25.4 Å². The van der Waals surface area contributed by atoms with Crippen molar-refractivity contribution in [1.82, 2.24) is 9.21 Å². The molecule has 1 amide bonds. The van der Waals surface area contributed by atoms with Crippen LogP contribution in [0.4, 0.5) is 0 Å². The van der Waals surface area contributed by atoms with Gasteiger partial charge in [-0.15, -0.1) is 23.1 Å². The molecule has 2 aliphatic heterocycles. The predicted octanol–water partition coefficient (Wildman–Crippen LogP) is 4.04. The monoisotopic (exact) mass is 450 g/mol. The van der Waals surface area contributed by atoms with E-state index in [9.17, 15) is 13.2 Å². The molecule has 3 heterocycles. The van der Waals surface area contributed by atoms with E-state index in [1.54, 1.807) is 16.1 Å². The predicted molar refractivity (Wildman–Crippen MR) is 119 cm³/mol. The number of piperidine rings is 1. The molecule has 2 fully saturated rings. The van der Waals surface area contributed by atoms with Gasteiger partial charge in [0.1, 0.15) is 0 Å².